The number of hydrogen-bond donors (Lipinski definition) is 1. The molecular weight excluding hydrogens is 316 g/mol. The predicted molar refractivity (Wildman–Crippen MR) is 102 cm³/mol. The van der Waals surface area contributed by atoms with Gasteiger partial charge in [-0.05, 0) is 44.7 Å². The average molecular weight is 342 g/mol. The van der Waals surface area contributed by atoms with Crippen LogP contribution in [0.2, 0.25) is 0 Å². The minimum absolute atomic E-state index is 0.270. The quantitative estimate of drug-likeness (QED) is 0.510. The molecule has 1 aromatic carbocycles. The first kappa shape index (κ1) is 20.2. The van der Waals surface area contributed by atoms with Crippen molar-refractivity contribution >= 4 is 12.1 Å². The first-order chi connectivity index (χ1) is 12.0. The molecule has 5 heteroatoms. The van der Waals surface area contributed by atoms with Crippen molar-refractivity contribution in [1.29, 1.82) is 0 Å². The molecule has 5 nitrogen and oxygen atoms in total. The second-order valence-corrected chi connectivity index (χ2v) is 5.32. The van der Waals surface area contributed by atoms with Gasteiger partial charge in [-0.2, -0.15) is 0 Å². The highest BCUT2D eigenvalue weighted by molar-refractivity contribution is 5.95. The molecule has 0 saturated carbocycles. The number of nitrogens with one attached hydrogen (secondary N) is 1. The van der Waals surface area contributed by atoms with Crippen molar-refractivity contribution in [2.75, 3.05) is 13.2 Å². The van der Waals surface area contributed by atoms with Crippen LogP contribution < -0.4 is 14.8 Å². The van der Waals surface area contributed by atoms with Crippen LogP contribution in [0.4, 0.5) is 0 Å². The standard InChI is InChI=1S/C20H26N2O3/c1-6-10-24-18-12-17(20(23)22-8-3)13-19(14-18)25-11-9-15(4)16(5)21-7-2/h6-8,12-14H,1,3,9-11H2,2,4-5H3,(H,22,23)/b16-15+,21-7?. The molecule has 1 N–H and O–H groups in total. The third-order valence-electron chi connectivity index (χ3n) is 3.43. The maximum atomic E-state index is 12.0. The van der Waals surface area contributed by atoms with Gasteiger partial charge >= 0.3 is 0 Å². The summed E-state index contributed by atoms with van der Waals surface area (Å²) in [7, 11) is 0. The molecule has 1 amide bonds. The summed E-state index contributed by atoms with van der Waals surface area (Å²) in [6.45, 7) is 13.8. The van der Waals surface area contributed by atoms with Crippen LogP contribution in [0.3, 0.4) is 0 Å². The van der Waals surface area contributed by atoms with Gasteiger partial charge in [0.05, 0.1) is 6.61 Å². The largest absolute Gasteiger partial charge is 0.493 e. The number of carbonyl (C=O) groups is 1. The molecule has 0 saturated heterocycles. The molecule has 0 spiro atoms. The molecule has 134 valence electrons. The van der Waals surface area contributed by atoms with Crippen LogP contribution in [0.1, 0.15) is 37.6 Å². The fourth-order valence-electron chi connectivity index (χ4n) is 2.01. The Morgan fingerprint density at radius 1 is 1.20 bits per heavy atom. The normalized spacial score (nSPS) is 11.6. The van der Waals surface area contributed by atoms with Gasteiger partial charge in [0.25, 0.3) is 5.91 Å². The molecule has 0 bridgehead atoms. The van der Waals surface area contributed by atoms with Gasteiger partial charge in [0, 0.05) is 30.0 Å². The van der Waals surface area contributed by atoms with Crippen LogP contribution in [-0.2, 0) is 0 Å². The van der Waals surface area contributed by atoms with E-state index in [0.717, 1.165) is 17.7 Å². The van der Waals surface area contributed by atoms with E-state index in [1.807, 2.05) is 20.8 Å². The fraction of sp³-hybridized carbons (Fsp3) is 0.300. The zero-order valence-electron chi connectivity index (χ0n) is 15.2. The summed E-state index contributed by atoms with van der Waals surface area (Å²) in [5.74, 6) is 0.846. The number of allylic oxidation sites excluding steroid dienone is 1. The average Bonchev–Trinajstić information content (AvgIpc) is 2.60. The topological polar surface area (TPSA) is 59.9 Å². The number of ether oxygens (including phenoxy) is 2. The lowest BCUT2D eigenvalue weighted by Crippen LogP contribution is -2.16. The number of amides is 1. The molecular formula is C20H26N2O3. The lowest BCUT2D eigenvalue weighted by atomic mass is 10.1. The van der Waals surface area contributed by atoms with Crippen LogP contribution >= 0.6 is 0 Å². The fourth-order valence-corrected chi connectivity index (χ4v) is 2.01. The SMILES string of the molecule is C=CCOc1cc(OCC/C(C)=C(\C)N=CC)cc(C(=O)NC=C)c1. The zero-order valence-corrected chi connectivity index (χ0v) is 15.2. The van der Waals surface area contributed by atoms with Crippen molar-refractivity contribution in [3.63, 3.8) is 0 Å². The Bertz CT molecular complexity index is 676. The zero-order chi connectivity index (χ0) is 18.7. The molecule has 0 heterocycles. The lowest BCUT2D eigenvalue weighted by Gasteiger charge is -2.12. The molecule has 0 atom stereocenters. The molecule has 1 rings (SSSR count). The van der Waals surface area contributed by atoms with E-state index in [9.17, 15) is 4.79 Å². The first-order valence-electron chi connectivity index (χ1n) is 8.10. The van der Waals surface area contributed by atoms with E-state index in [2.05, 4.69) is 23.5 Å². The molecule has 0 aromatic heterocycles. The van der Waals surface area contributed by atoms with Gasteiger partial charge in [0.15, 0.2) is 0 Å². The van der Waals surface area contributed by atoms with E-state index < -0.39 is 0 Å². The van der Waals surface area contributed by atoms with Gasteiger partial charge < -0.3 is 14.8 Å². The molecule has 0 aliphatic rings. The van der Waals surface area contributed by atoms with Crippen LogP contribution in [0.5, 0.6) is 11.5 Å². The monoisotopic (exact) mass is 342 g/mol. The minimum atomic E-state index is -0.270. The van der Waals surface area contributed by atoms with Crippen LogP contribution in [-0.4, -0.2) is 25.3 Å². The molecule has 0 aliphatic carbocycles. The van der Waals surface area contributed by atoms with Crippen molar-refractivity contribution < 1.29 is 14.3 Å². The molecule has 1 aromatic rings. The summed E-state index contributed by atoms with van der Waals surface area (Å²) in [5, 5.41) is 2.55. The van der Waals surface area contributed by atoms with Crippen LogP contribution in [0, 0.1) is 0 Å². The predicted octanol–water partition coefficient (Wildman–Crippen LogP) is 4.28. The van der Waals surface area contributed by atoms with Gasteiger partial charge in [-0.25, -0.2) is 0 Å². The molecule has 0 fully saturated rings. The Balaban J connectivity index is 2.87. The maximum Gasteiger partial charge on any atom is 0.255 e. The van der Waals surface area contributed by atoms with Gasteiger partial charge in [0.2, 0.25) is 0 Å². The third-order valence-corrected chi connectivity index (χ3v) is 3.43. The molecule has 0 radical (unpaired) electrons. The number of nitrogens with zero attached hydrogens (tertiary/aromatic N) is 1. The van der Waals surface area contributed by atoms with Crippen molar-refractivity contribution in [2.24, 2.45) is 4.99 Å². The van der Waals surface area contributed by atoms with Crippen molar-refractivity contribution in [3.05, 3.63) is 60.5 Å². The molecule has 0 aliphatic heterocycles. The number of hydrogen-bond acceptors (Lipinski definition) is 4. The van der Waals surface area contributed by atoms with Gasteiger partial charge in [-0.3, -0.25) is 9.79 Å². The van der Waals surface area contributed by atoms with E-state index in [1.54, 1.807) is 30.5 Å². The Morgan fingerprint density at radius 2 is 1.88 bits per heavy atom. The lowest BCUT2D eigenvalue weighted by molar-refractivity contribution is 0.0969. The van der Waals surface area contributed by atoms with E-state index in [0.29, 0.717) is 30.3 Å². The Morgan fingerprint density at radius 3 is 2.48 bits per heavy atom. The number of rotatable bonds is 10. The highest BCUT2D eigenvalue weighted by Crippen LogP contribution is 2.24. The second-order valence-electron chi connectivity index (χ2n) is 5.32. The second kappa shape index (κ2) is 10.9. The number of benzene rings is 1. The Labute approximate surface area is 149 Å². The van der Waals surface area contributed by atoms with Crippen molar-refractivity contribution in [1.82, 2.24) is 5.32 Å². The van der Waals surface area contributed by atoms with E-state index in [1.165, 1.54) is 6.20 Å². The maximum absolute atomic E-state index is 12.0. The summed E-state index contributed by atoms with van der Waals surface area (Å²) in [4.78, 5) is 16.3. The first-order valence-corrected chi connectivity index (χ1v) is 8.10. The summed E-state index contributed by atoms with van der Waals surface area (Å²) in [5.41, 5.74) is 2.58. The Hall–Kier alpha value is -2.82. The molecule has 25 heavy (non-hydrogen) atoms. The summed E-state index contributed by atoms with van der Waals surface area (Å²) in [6.07, 6.45) is 5.49. The van der Waals surface area contributed by atoms with E-state index >= 15 is 0 Å². The van der Waals surface area contributed by atoms with Crippen molar-refractivity contribution in [3.8, 4) is 11.5 Å². The number of carbonyl (C=O) groups excluding carboxylic acids is 1. The van der Waals surface area contributed by atoms with Gasteiger partial charge in [-0.15, -0.1) is 0 Å². The van der Waals surface area contributed by atoms with Gasteiger partial charge in [-0.1, -0.05) is 19.2 Å². The third kappa shape index (κ3) is 7.08. The molecule has 0 unspecified atom stereocenters. The van der Waals surface area contributed by atoms with E-state index in [-0.39, 0.29) is 5.91 Å². The van der Waals surface area contributed by atoms with Crippen LogP contribution in [0.25, 0.3) is 0 Å². The summed E-state index contributed by atoms with van der Waals surface area (Å²) >= 11 is 0. The number of aliphatic imine (C=N–C) groups is 1. The smallest absolute Gasteiger partial charge is 0.255 e. The summed E-state index contributed by atoms with van der Waals surface area (Å²) in [6, 6.07) is 5.08. The highest BCUT2D eigenvalue weighted by atomic mass is 16.5. The summed E-state index contributed by atoms with van der Waals surface area (Å²) < 4.78 is 11.3. The van der Waals surface area contributed by atoms with Crippen molar-refractivity contribution in [2.45, 2.75) is 27.2 Å². The van der Waals surface area contributed by atoms with Crippen LogP contribution in [0.15, 0.2) is 59.9 Å². The van der Waals surface area contributed by atoms with Gasteiger partial charge in [0.1, 0.15) is 18.1 Å². The Kier molecular flexibility index (Phi) is 8.79. The van der Waals surface area contributed by atoms with E-state index in [4.69, 9.17) is 9.47 Å². The minimum Gasteiger partial charge on any atom is -0.493 e. The highest BCUT2D eigenvalue weighted by Gasteiger charge is 2.09.